The highest BCUT2D eigenvalue weighted by Crippen LogP contribution is 2.26. The minimum absolute atomic E-state index is 0.0737. The number of ether oxygens (including phenoxy) is 2. The standard InChI is InChI=1S/C21H25Cl2NO5S/c1-28-19-4-6-20(7-5-19)29-13-18(25)12-24(17-8-9-30(26,27)14-17)11-15-2-3-16(22)10-21(15)23/h2-7,10,17-18,25H,8-9,11-14H2,1H3. The normalized spacial score (nSPS) is 19.0. The van der Waals surface area contributed by atoms with E-state index in [1.54, 1.807) is 43.5 Å². The summed E-state index contributed by atoms with van der Waals surface area (Å²) in [6, 6.07) is 12.1. The van der Waals surface area contributed by atoms with Gasteiger partial charge < -0.3 is 14.6 Å². The molecule has 0 bridgehead atoms. The van der Waals surface area contributed by atoms with Gasteiger partial charge in [-0.05, 0) is 48.4 Å². The van der Waals surface area contributed by atoms with E-state index in [9.17, 15) is 13.5 Å². The fourth-order valence-corrected chi connectivity index (χ4v) is 5.69. The maximum Gasteiger partial charge on any atom is 0.151 e. The van der Waals surface area contributed by atoms with Crippen molar-refractivity contribution in [3.05, 3.63) is 58.1 Å². The molecule has 0 radical (unpaired) electrons. The second-order valence-electron chi connectivity index (χ2n) is 7.36. The zero-order valence-electron chi connectivity index (χ0n) is 16.6. The van der Waals surface area contributed by atoms with E-state index in [2.05, 4.69) is 0 Å². The Morgan fingerprint density at radius 2 is 1.87 bits per heavy atom. The Morgan fingerprint density at radius 1 is 1.17 bits per heavy atom. The number of aliphatic hydroxyl groups is 1. The summed E-state index contributed by atoms with van der Waals surface area (Å²) < 4.78 is 34.8. The van der Waals surface area contributed by atoms with Crippen LogP contribution in [-0.2, 0) is 16.4 Å². The fourth-order valence-electron chi connectivity index (χ4n) is 3.46. The summed E-state index contributed by atoms with van der Waals surface area (Å²) >= 11 is 12.3. The van der Waals surface area contributed by atoms with Crippen LogP contribution < -0.4 is 9.47 Å². The van der Waals surface area contributed by atoms with Gasteiger partial charge in [-0.15, -0.1) is 0 Å². The molecule has 1 fully saturated rings. The van der Waals surface area contributed by atoms with E-state index in [0.29, 0.717) is 28.8 Å². The van der Waals surface area contributed by atoms with Crippen LogP contribution in [0.1, 0.15) is 12.0 Å². The van der Waals surface area contributed by atoms with Crippen LogP contribution >= 0.6 is 23.2 Å². The lowest BCUT2D eigenvalue weighted by Gasteiger charge is -2.30. The van der Waals surface area contributed by atoms with Gasteiger partial charge in [0.1, 0.15) is 24.2 Å². The van der Waals surface area contributed by atoms with Crippen LogP contribution in [0, 0.1) is 0 Å². The molecular weight excluding hydrogens is 449 g/mol. The van der Waals surface area contributed by atoms with Crippen LogP contribution in [0.25, 0.3) is 0 Å². The zero-order valence-corrected chi connectivity index (χ0v) is 19.0. The second-order valence-corrected chi connectivity index (χ2v) is 10.4. The topological polar surface area (TPSA) is 76.1 Å². The van der Waals surface area contributed by atoms with Crippen molar-refractivity contribution in [2.24, 2.45) is 0 Å². The average Bonchev–Trinajstić information content (AvgIpc) is 3.08. The first-order valence-corrected chi connectivity index (χ1v) is 12.2. The minimum Gasteiger partial charge on any atom is -0.497 e. The van der Waals surface area contributed by atoms with Gasteiger partial charge in [0, 0.05) is 29.2 Å². The fraction of sp³-hybridized carbons (Fsp3) is 0.429. The molecule has 0 amide bonds. The number of hydrogen-bond acceptors (Lipinski definition) is 6. The van der Waals surface area contributed by atoms with Crippen molar-refractivity contribution in [2.45, 2.75) is 25.1 Å². The van der Waals surface area contributed by atoms with Crippen LogP contribution in [0.4, 0.5) is 0 Å². The molecule has 9 heteroatoms. The summed E-state index contributed by atoms with van der Waals surface area (Å²) in [5.74, 6) is 1.56. The molecule has 3 rings (SSSR count). The molecule has 1 aliphatic rings. The monoisotopic (exact) mass is 473 g/mol. The Labute approximate surface area is 187 Å². The number of halogens is 2. The van der Waals surface area contributed by atoms with E-state index < -0.39 is 15.9 Å². The molecule has 1 aliphatic heterocycles. The summed E-state index contributed by atoms with van der Waals surface area (Å²) in [5, 5.41) is 11.6. The first-order valence-electron chi connectivity index (χ1n) is 9.59. The van der Waals surface area contributed by atoms with Gasteiger partial charge in [0.2, 0.25) is 0 Å². The lowest BCUT2D eigenvalue weighted by Crippen LogP contribution is -2.42. The second kappa shape index (κ2) is 10.2. The van der Waals surface area contributed by atoms with Crippen molar-refractivity contribution in [1.82, 2.24) is 4.90 Å². The number of sulfone groups is 1. The van der Waals surface area contributed by atoms with Crippen molar-refractivity contribution in [3.63, 3.8) is 0 Å². The van der Waals surface area contributed by atoms with Crippen molar-refractivity contribution >= 4 is 33.0 Å². The molecule has 6 nitrogen and oxygen atoms in total. The Hall–Kier alpha value is -1.51. The number of benzene rings is 2. The van der Waals surface area contributed by atoms with Crippen LogP contribution in [0.15, 0.2) is 42.5 Å². The average molecular weight is 474 g/mol. The van der Waals surface area contributed by atoms with Crippen molar-refractivity contribution in [1.29, 1.82) is 0 Å². The predicted molar refractivity (Wildman–Crippen MR) is 118 cm³/mol. The van der Waals surface area contributed by atoms with Crippen LogP contribution in [0.5, 0.6) is 11.5 Å². The van der Waals surface area contributed by atoms with Gasteiger partial charge in [-0.1, -0.05) is 29.3 Å². The van der Waals surface area contributed by atoms with Crippen LogP contribution in [0.3, 0.4) is 0 Å². The number of hydrogen-bond donors (Lipinski definition) is 1. The van der Waals surface area contributed by atoms with Crippen molar-refractivity contribution in [2.75, 3.05) is 31.8 Å². The number of nitrogens with zero attached hydrogens (tertiary/aromatic N) is 1. The van der Waals surface area contributed by atoms with E-state index in [0.717, 1.165) is 11.3 Å². The van der Waals surface area contributed by atoms with Gasteiger partial charge in [0.05, 0.1) is 18.6 Å². The Bertz CT molecular complexity index is 952. The zero-order chi connectivity index (χ0) is 21.7. The molecule has 0 spiro atoms. The first kappa shape index (κ1) is 23.2. The molecule has 1 saturated heterocycles. The van der Waals surface area contributed by atoms with E-state index in [1.807, 2.05) is 11.0 Å². The van der Waals surface area contributed by atoms with E-state index in [1.165, 1.54) is 0 Å². The quantitative estimate of drug-likeness (QED) is 0.600. The third kappa shape index (κ3) is 6.49. The lowest BCUT2D eigenvalue weighted by molar-refractivity contribution is 0.0525. The van der Waals surface area contributed by atoms with E-state index >= 15 is 0 Å². The number of aliphatic hydroxyl groups excluding tert-OH is 1. The third-order valence-electron chi connectivity index (χ3n) is 5.06. The predicted octanol–water partition coefficient (Wildman–Crippen LogP) is 3.43. The van der Waals surface area contributed by atoms with Gasteiger partial charge in [0.15, 0.2) is 9.84 Å². The maximum absolute atomic E-state index is 12.0. The molecule has 0 saturated carbocycles. The molecule has 30 heavy (non-hydrogen) atoms. The number of methoxy groups -OCH3 is 1. The maximum atomic E-state index is 12.0. The highest BCUT2D eigenvalue weighted by atomic mass is 35.5. The molecule has 2 aromatic carbocycles. The van der Waals surface area contributed by atoms with Gasteiger partial charge in [0.25, 0.3) is 0 Å². The molecule has 1 N–H and O–H groups in total. The highest BCUT2D eigenvalue weighted by molar-refractivity contribution is 7.91. The number of rotatable bonds is 9. The minimum atomic E-state index is -3.07. The van der Waals surface area contributed by atoms with Crippen molar-refractivity contribution < 1.29 is 23.0 Å². The largest absolute Gasteiger partial charge is 0.497 e. The Kier molecular flexibility index (Phi) is 7.87. The molecular formula is C21H25Cl2NO5S. The molecule has 2 aromatic rings. The molecule has 0 aliphatic carbocycles. The third-order valence-corrected chi connectivity index (χ3v) is 7.40. The van der Waals surface area contributed by atoms with Gasteiger partial charge in [-0.25, -0.2) is 8.42 Å². The van der Waals surface area contributed by atoms with Crippen molar-refractivity contribution in [3.8, 4) is 11.5 Å². The summed E-state index contributed by atoms with van der Waals surface area (Å²) in [5.41, 5.74) is 0.827. The summed E-state index contributed by atoms with van der Waals surface area (Å²) in [6.45, 7) is 0.752. The van der Waals surface area contributed by atoms with E-state index in [-0.39, 0.29) is 30.7 Å². The summed E-state index contributed by atoms with van der Waals surface area (Å²) in [4.78, 5) is 1.96. The first-order chi connectivity index (χ1) is 14.3. The van der Waals surface area contributed by atoms with Gasteiger partial charge in [-0.2, -0.15) is 0 Å². The molecule has 2 atom stereocenters. The highest BCUT2D eigenvalue weighted by Gasteiger charge is 2.33. The molecule has 164 valence electrons. The van der Waals surface area contributed by atoms with Crippen LogP contribution in [0.2, 0.25) is 10.0 Å². The van der Waals surface area contributed by atoms with E-state index in [4.69, 9.17) is 32.7 Å². The lowest BCUT2D eigenvalue weighted by atomic mass is 10.1. The molecule has 2 unspecified atom stereocenters. The van der Waals surface area contributed by atoms with Gasteiger partial charge >= 0.3 is 0 Å². The Balaban J connectivity index is 1.66. The summed E-state index contributed by atoms with van der Waals surface area (Å²) in [7, 11) is -1.48. The van der Waals surface area contributed by atoms with Gasteiger partial charge in [-0.3, -0.25) is 4.90 Å². The smallest absolute Gasteiger partial charge is 0.151 e. The summed E-state index contributed by atoms with van der Waals surface area (Å²) in [6.07, 6.45) is -0.277. The Morgan fingerprint density at radius 3 is 2.47 bits per heavy atom. The molecule has 1 heterocycles. The molecule has 0 aromatic heterocycles. The van der Waals surface area contributed by atoms with Crippen LogP contribution in [-0.4, -0.2) is 62.3 Å². The SMILES string of the molecule is COc1ccc(OCC(O)CN(Cc2ccc(Cl)cc2Cl)C2CCS(=O)(=O)C2)cc1.